The van der Waals surface area contributed by atoms with Gasteiger partial charge in [-0.05, 0) is 17.7 Å². The monoisotopic (exact) mass is 258 g/mol. The molecule has 1 heterocycles. The van der Waals surface area contributed by atoms with Gasteiger partial charge in [0.15, 0.2) is 0 Å². The Hall–Kier alpha value is -3.29. The molecular formula is C16H10N4. The van der Waals surface area contributed by atoms with Crippen LogP contribution in [0.2, 0.25) is 0 Å². The van der Waals surface area contributed by atoms with Crippen LogP contribution >= 0.6 is 0 Å². The highest BCUT2D eigenvalue weighted by atomic mass is 15.1. The van der Waals surface area contributed by atoms with Crippen LogP contribution < -0.4 is 4.90 Å². The lowest BCUT2D eigenvalue weighted by molar-refractivity contribution is 1.18. The summed E-state index contributed by atoms with van der Waals surface area (Å²) >= 11 is 0. The predicted octanol–water partition coefficient (Wildman–Crippen LogP) is 3.61. The number of anilines is 1. The number of nitriles is 1. The number of hydrogen-bond donors (Lipinski definition) is 0. The molecule has 0 spiro atoms. The highest BCUT2D eigenvalue weighted by molar-refractivity contribution is 5.87. The predicted molar refractivity (Wildman–Crippen MR) is 77.8 cm³/mol. The highest BCUT2D eigenvalue weighted by Crippen LogP contribution is 2.32. The number of para-hydroxylation sites is 1. The van der Waals surface area contributed by atoms with Gasteiger partial charge in [-0.1, -0.05) is 24.3 Å². The summed E-state index contributed by atoms with van der Waals surface area (Å²) in [5.41, 5.74) is 2.70. The second-order valence-electron chi connectivity index (χ2n) is 4.11. The van der Waals surface area contributed by atoms with Crippen molar-refractivity contribution in [2.75, 3.05) is 11.9 Å². The lowest BCUT2D eigenvalue weighted by atomic mass is 9.99. The van der Waals surface area contributed by atoms with E-state index in [1.165, 1.54) is 0 Å². The Morgan fingerprint density at radius 1 is 1.30 bits per heavy atom. The second-order valence-corrected chi connectivity index (χ2v) is 4.11. The van der Waals surface area contributed by atoms with Gasteiger partial charge in [-0.25, -0.2) is 15.0 Å². The molecule has 0 saturated carbocycles. The molecule has 0 aromatic heterocycles. The summed E-state index contributed by atoms with van der Waals surface area (Å²) in [4.78, 5) is 8.36. The van der Waals surface area contributed by atoms with Gasteiger partial charge in [-0.3, -0.25) is 0 Å². The van der Waals surface area contributed by atoms with Crippen molar-refractivity contribution in [2.45, 2.75) is 0 Å². The van der Waals surface area contributed by atoms with Crippen molar-refractivity contribution < 1.29 is 0 Å². The van der Waals surface area contributed by atoms with Gasteiger partial charge in [0.1, 0.15) is 0 Å². The molecule has 0 unspecified atom stereocenters. The van der Waals surface area contributed by atoms with E-state index in [4.69, 9.17) is 18.4 Å². The van der Waals surface area contributed by atoms with Crippen molar-refractivity contribution in [1.82, 2.24) is 0 Å². The number of hydrogen-bond acceptors (Lipinski definition) is 2. The Morgan fingerprint density at radius 3 is 2.70 bits per heavy atom. The van der Waals surface area contributed by atoms with E-state index in [9.17, 15) is 0 Å². The summed E-state index contributed by atoms with van der Waals surface area (Å²) < 4.78 is 0. The molecule has 0 bridgehead atoms. The molecule has 0 saturated heterocycles. The maximum absolute atomic E-state index is 8.87. The molecule has 1 aliphatic rings. The number of nitrogens with zero attached hydrogens (tertiary/aromatic N) is 4. The van der Waals surface area contributed by atoms with E-state index in [1.54, 1.807) is 12.1 Å². The molecule has 0 amide bonds. The molecule has 0 atom stereocenters. The largest absolute Gasteiger partial charge is 0.351 e. The molecule has 1 aromatic rings. The minimum Gasteiger partial charge on any atom is -0.351 e. The average Bonchev–Trinajstić information content (AvgIpc) is 2.50. The topological polar surface area (TPSA) is 35.8 Å². The van der Waals surface area contributed by atoms with Crippen LogP contribution in [-0.4, -0.2) is 7.05 Å². The van der Waals surface area contributed by atoms with Crippen LogP contribution in [0.1, 0.15) is 5.56 Å². The van der Waals surface area contributed by atoms with Crippen LogP contribution in [0.4, 0.5) is 5.69 Å². The third-order valence-corrected chi connectivity index (χ3v) is 2.95. The molecular weight excluding hydrogens is 248 g/mol. The zero-order chi connectivity index (χ0) is 14.5. The van der Waals surface area contributed by atoms with Crippen LogP contribution in [0.5, 0.6) is 0 Å². The summed E-state index contributed by atoms with van der Waals surface area (Å²) in [6, 6.07) is 9.55. The SMILES string of the molecule is [C-]#[N+]C(C#N)=C(C=C1C=CN(C)c2ccccc21)[N+]#[C-]. The van der Waals surface area contributed by atoms with Crippen LogP contribution in [0.15, 0.2) is 54.0 Å². The number of benzene rings is 1. The fraction of sp³-hybridized carbons (Fsp3) is 0.0625. The summed E-state index contributed by atoms with van der Waals surface area (Å²) in [6.45, 7) is 14.1. The van der Waals surface area contributed by atoms with Gasteiger partial charge in [-0.15, -0.1) is 0 Å². The quantitative estimate of drug-likeness (QED) is 0.570. The third kappa shape index (κ3) is 2.29. The maximum atomic E-state index is 8.87. The van der Waals surface area contributed by atoms with Gasteiger partial charge in [0.25, 0.3) is 5.70 Å². The first-order valence-corrected chi connectivity index (χ1v) is 5.82. The van der Waals surface area contributed by atoms with Crippen molar-refractivity contribution in [2.24, 2.45) is 0 Å². The molecule has 94 valence electrons. The van der Waals surface area contributed by atoms with E-state index in [0.717, 1.165) is 16.8 Å². The molecule has 1 aromatic carbocycles. The summed E-state index contributed by atoms with van der Waals surface area (Å²) in [7, 11) is 1.94. The zero-order valence-corrected chi connectivity index (χ0v) is 10.8. The van der Waals surface area contributed by atoms with Crippen molar-refractivity contribution in [3.63, 3.8) is 0 Å². The van der Waals surface area contributed by atoms with Crippen molar-refractivity contribution in [3.05, 3.63) is 82.4 Å². The van der Waals surface area contributed by atoms with Crippen LogP contribution in [0, 0.1) is 24.5 Å². The van der Waals surface area contributed by atoms with E-state index in [1.807, 2.05) is 48.5 Å². The number of allylic oxidation sites excluding steroid dienone is 4. The van der Waals surface area contributed by atoms with Gasteiger partial charge >= 0.3 is 0 Å². The summed E-state index contributed by atoms with van der Waals surface area (Å²) in [5.74, 6) is 0. The third-order valence-electron chi connectivity index (χ3n) is 2.95. The van der Waals surface area contributed by atoms with E-state index < -0.39 is 0 Å². The lowest BCUT2D eigenvalue weighted by Gasteiger charge is -2.23. The first-order chi connectivity index (χ1) is 9.71. The fourth-order valence-electron chi connectivity index (χ4n) is 1.95. The van der Waals surface area contributed by atoms with Crippen LogP contribution in [0.3, 0.4) is 0 Å². The summed E-state index contributed by atoms with van der Waals surface area (Å²) in [6.07, 6.45) is 5.35. The molecule has 2 rings (SSSR count). The average molecular weight is 258 g/mol. The fourth-order valence-corrected chi connectivity index (χ4v) is 1.95. The maximum Gasteiger partial charge on any atom is 0.269 e. The normalized spacial score (nSPS) is 15.7. The van der Waals surface area contributed by atoms with Crippen molar-refractivity contribution >= 4 is 11.3 Å². The Morgan fingerprint density at radius 2 is 2.05 bits per heavy atom. The standard InChI is InChI=1S/C16H10N4/c1-18-14(15(11-17)19-2)10-12-8-9-20(3)16-7-5-4-6-13(12)16/h4-10H,3H3. The summed E-state index contributed by atoms with van der Waals surface area (Å²) in [5, 5.41) is 8.87. The second kappa shape index (κ2) is 5.57. The lowest BCUT2D eigenvalue weighted by Crippen LogP contribution is -2.13. The van der Waals surface area contributed by atoms with Gasteiger partial charge in [0.05, 0.1) is 19.2 Å². The Balaban J connectivity index is 2.61. The van der Waals surface area contributed by atoms with E-state index >= 15 is 0 Å². The Kier molecular flexibility index (Phi) is 3.66. The molecule has 0 N–H and O–H groups in total. The molecule has 0 radical (unpaired) electrons. The Labute approximate surface area is 117 Å². The van der Waals surface area contributed by atoms with Gasteiger partial charge < -0.3 is 4.90 Å². The molecule has 1 aliphatic heterocycles. The first-order valence-electron chi connectivity index (χ1n) is 5.82. The van der Waals surface area contributed by atoms with Crippen molar-refractivity contribution in [3.8, 4) is 6.07 Å². The molecule has 4 nitrogen and oxygen atoms in total. The van der Waals surface area contributed by atoms with E-state index in [2.05, 4.69) is 9.69 Å². The van der Waals surface area contributed by atoms with Gasteiger partial charge in [-0.2, -0.15) is 0 Å². The molecule has 0 aliphatic carbocycles. The smallest absolute Gasteiger partial charge is 0.269 e. The van der Waals surface area contributed by atoms with Gasteiger partial charge in [0.2, 0.25) is 5.70 Å². The first kappa shape index (κ1) is 13.1. The minimum absolute atomic E-state index is 0.0708. The van der Waals surface area contributed by atoms with Gasteiger partial charge in [0, 0.05) is 24.5 Å². The minimum atomic E-state index is -0.183. The van der Waals surface area contributed by atoms with Crippen molar-refractivity contribution in [1.29, 1.82) is 5.26 Å². The molecule has 4 heteroatoms. The molecule has 20 heavy (non-hydrogen) atoms. The zero-order valence-electron chi connectivity index (χ0n) is 10.8. The van der Waals surface area contributed by atoms with Crippen LogP contribution in [-0.2, 0) is 0 Å². The van der Waals surface area contributed by atoms with E-state index in [0.29, 0.717) is 0 Å². The Bertz CT molecular complexity index is 745. The number of fused-ring (bicyclic) bond motifs is 1. The molecule has 0 fully saturated rings. The highest BCUT2D eigenvalue weighted by Gasteiger charge is 2.14. The van der Waals surface area contributed by atoms with E-state index in [-0.39, 0.29) is 11.4 Å². The van der Waals surface area contributed by atoms with Crippen LogP contribution in [0.25, 0.3) is 15.3 Å². The number of rotatable bonds is 1.